The van der Waals surface area contributed by atoms with Crippen molar-refractivity contribution in [1.29, 1.82) is 0 Å². The maximum absolute atomic E-state index is 13.0. The molecule has 1 saturated heterocycles. The quantitative estimate of drug-likeness (QED) is 0.556. The molecule has 0 unspecified atom stereocenters. The first-order chi connectivity index (χ1) is 12.0. The zero-order chi connectivity index (χ0) is 19.7. The average molecular weight is 381 g/mol. The third kappa shape index (κ3) is 3.60. The third-order valence-corrected chi connectivity index (χ3v) is 6.30. The predicted molar refractivity (Wildman–Crippen MR) is 94.9 cm³/mol. The summed E-state index contributed by atoms with van der Waals surface area (Å²) in [5.41, 5.74) is 0.135. The Morgan fingerprint density at radius 3 is 2.42 bits per heavy atom. The van der Waals surface area contributed by atoms with E-state index < -0.39 is 39.6 Å². The lowest BCUT2D eigenvalue weighted by molar-refractivity contribution is -0.142. The Hall–Kier alpha value is -2.35. The molecule has 0 radical (unpaired) electrons. The number of rotatable bonds is 6. The van der Waals surface area contributed by atoms with Crippen LogP contribution in [0.15, 0.2) is 41.8 Å². The van der Waals surface area contributed by atoms with E-state index in [4.69, 9.17) is 4.74 Å². The lowest BCUT2D eigenvalue weighted by Crippen LogP contribution is -2.46. The second-order valence-corrected chi connectivity index (χ2v) is 8.61. The highest BCUT2D eigenvalue weighted by Gasteiger charge is 2.53. The van der Waals surface area contributed by atoms with Crippen LogP contribution in [0.1, 0.15) is 25.8 Å². The number of aryl methyl sites for hydroxylation is 1. The Morgan fingerprint density at radius 2 is 1.92 bits per heavy atom. The summed E-state index contributed by atoms with van der Waals surface area (Å²) in [5.74, 6) is -0.637. The predicted octanol–water partition coefficient (Wildman–Crippen LogP) is 2.65. The second kappa shape index (κ2) is 7.11. The lowest BCUT2D eigenvalue weighted by atomic mass is 9.82. The van der Waals surface area contributed by atoms with E-state index in [1.807, 2.05) is 6.92 Å². The summed E-state index contributed by atoms with van der Waals surface area (Å²) in [6.07, 6.45) is -0.627. The van der Waals surface area contributed by atoms with Gasteiger partial charge in [0.25, 0.3) is 10.0 Å². The van der Waals surface area contributed by atoms with E-state index in [-0.39, 0.29) is 11.3 Å². The number of benzene rings is 1. The largest absolute Gasteiger partial charge is 0.469 e. The van der Waals surface area contributed by atoms with Crippen molar-refractivity contribution in [2.45, 2.75) is 44.2 Å². The molecule has 0 saturated carbocycles. The van der Waals surface area contributed by atoms with E-state index in [0.717, 1.165) is 5.56 Å². The van der Waals surface area contributed by atoms with Gasteiger partial charge in [-0.25, -0.2) is 13.2 Å². The normalized spacial score (nSPS) is 20.6. The number of esters is 1. The molecule has 1 fully saturated rings. The van der Waals surface area contributed by atoms with E-state index in [9.17, 15) is 18.0 Å². The summed E-state index contributed by atoms with van der Waals surface area (Å²) in [4.78, 5) is 24.3. The minimum atomic E-state index is -4.19. The molecule has 1 heterocycles. The summed E-state index contributed by atoms with van der Waals surface area (Å²) in [5, 5.41) is 0. The van der Waals surface area contributed by atoms with Crippen LogP contribution < -0.4 is 0 Å². The lowest BCUT2D eigenvalue weighted by Gasteiger charge is -2.31. The van der Waals surface area contributed by atoms with Crippen LogP contribution in [-0.4, -0.2) is 44.0 Å². The van der Waals surface area contributed by atoms with Gasteiger partial charge < -0.3 is 9.47 Å². The molecule has 1 aromatic carbocycles. The van der Waals surface area contributed by atoms with Crippen molar-refractivity contribution in [2.24, 2.45) is 5.41 Å². The van der Waals surface area contributed by atoms with Crippen LogP contribution in [-0.2, 0) is 24.3 Å². The van der Waals surface area contributed by atoms with E-state index in [0.29, 0.717) is 4.31 Å². The molecular weight excluding hydrogens is 358 g/mol. The van der Waals surface area contributed by atoms with Gasteiger partial charge in [0, 0.05) is 5.41 Å². The van der Waals surface area contributed by atoms with Gasteiger partial charge in [0.1, 0.15) is 12.1 Å². The van der Waals surface area contributed by atoms with E-state index in [1.54, 1.807) is 32.1 Å². The van der Waals surface area contributed by atoms with Crippen LogP contribution in [0.3, 0.4) is 0 Å². The van der Waals surface area contributed by atoms with E-state index >= 15 is 0 Å². The smallest absolute Gasteiger partial charge is 0.424 e. The molecule has 0 spiro atoms. The Labute approximate surface area is 153 Å². The van der Waals surface area contributed by atoms with Gasteiger partial charge in [-0.15, -0.1) is 6.58 Å². The Morgan fingerprint density at radius 1 is 1.35 bits per heavy atom. The molecule has 2 atom stereocenters. The molecular formula is C18H23NO6S. The topological polar surface area (TPSA) is 90.0 Å². The minimum absolute atomic E-state index is 0.0491. The Balaban J connectivity index is 2.52. The molecule has 0 N–H and O–H groups in total. The summed E-state index contributed by atoms with van der Waals surface area (Å²) in [6.45, 7) is 9.05. The van der Waals surface area contributed by atoms with Crippen LogP contribution in [0.5, 0.6) is 0 Å². The number of amides is 1. The standard InChI is InChI=1S/C18H23NO6S/c1-6-18(3,4)16-14(11-15(20)24-5)19(17(21)25-16)26(22,23)13-9-7-12(2)8-10-13/h6-10,14,16H,1,11H2,2-5H3/t14-,16+/m0/s1. The van der Waals surface area contributed by atoms with Gasteiger partial charge in [-0.05, 0) is 19.1 Å². The molecule has 1 amide bonds. The number of cyclic esters (lactones) is 1. The van der Waals surface area contributed by atoms with Gasteiger partial charge in [-0.3, -0.25) is 4.79 Å². The van der Waals surface area contributed by atoms with Gasteiger partial charge in [0.05, 0.1) is 18.4 Å². The minimum Gasteiger partial charge on any atom is -0.469 e. The molecule has 142 valence electrons. The summed E-state index contributed by atoms with van der Waals surface area (Å²) >= 11 is 0. The molecule has 2 rings (SSSR count). The van der Waals surface area contributed by atoms with Crippen molar-refractivity contribution in [3.63, 3.8) is 0 Å². The number of carbonyl (C=O) groups excluding carboxylic acids is 2. The van der Waals surface area contributed by atoms with E-state index in [2.05, 4.69) is 11.3 Å². The number of sulfonamides is 1. The first-order valence-corrected chi connectivity index (χ1v) is 9.50. The second-order valence-electron chi connectivity index (χ2n) is 6.79. The SMILES string of the molecule is C=CC(C)(C)[C@@H]1OC(=O)N(S(=O)(=O)c2ccc(C)cc2)[C@H]1CC(=O)OC. The maximum Gasteiger partial charge on any atom is 0.424 e. The molecule has 0 aromatic heterocycles. The van der Waals surface area contributed by atoms with Gasteiger partial charge in [0.15, 0.2) is 0 Å². The van der Waals surface area contributed by atoms with Gasteiger partial charge in [0.2, 0.25) is 0 Å². The molecule has 7 nitrogen and oxygen atoms in total. The number of ether oxygens (including phenoxy) is 2. The first kappa shape index (κ1) is 20.0. The zero-order valence-corrected chi connectivity index (χ0v) is 16.1. The fourth-order valence-electron chi connectivity index (χ4n) is 2.81. The summed E-state index contributed by atoms with van der Waals surface area (Å²) < 4.78 is 36.8. The number of methoxy groups -OCH3 is 1. The van der Waals surface area contributed by atoms with Gasteiger partial charge in [-0.2, -0.15) is 4.31 Å². The highest BCUT2D eigenvalue weighted by atomic mass is 32.2. The maximum atomic E-state index is 13.0. The fraction of sp³-hybridized carbons (Fsp3) is 0.444. The van der Waals surface area contributed by atoms with Gasteiger partial charge >= 0.3 is 12.1 Å². The van der Waals surface area contributed by atoms with Crippen molar-refractivity contribution >= 4 is 22.1 Å². The van der Waals surface area contributed by atoms with Crippen LogP contribution >= 0.6 is 0 Å². The summed E-state index contributed by atoms with van der Waals surface area (Å²) in [6, 6.07) is 5.07. The van der Waals surface area contributed by atoms with E-state index in [1.165, 1.54) is 19.2 Å². The van der Waals surface area contributed by atoms with Gasteiger partial charge in [-0.1, -0.05) is 37.6 Å². The van der Waals surface area contributed by atoms with Crippen LogP contribution in [0.4, 0.5) is 4.79 Å². The first-order valence-electron chi connectivity index (χ1n) is 8.06. The van der Waals surface area contributed by atoms with Crippen molar-refractivity contribution in [3.05, 3.63) is 42.5 Å². The van der Waals surface area contributed by atoms with Crippen molar-refractivity contribution in [2.75, 3.05) is 7.11 Å². The van der Waals surface area contributed by atoms with Crippen LogP contribution in [0.2, 0.25) is 0 Å². The van der Waals surface area contributed by atoms with Crippen LogP contribution in [0.25, 0.3) is 0 Å². The molecule has 0 aliphatic carbocycles. The molecule has 1 aliphatic heterocycles. The molecule has 8 heteroatoms. The Kier molecular flexibility index (Phi) is 5.46. The Bertz CT molecular complexity index is 813. The third-order valence-electron chi connectivity index (χ3n) is 4.50. The molecule has 0 bridgehead atoms. The van der Waals surface area contributed by atoms with Crippen LogP contribution in [0, 0.1) is 12.3 Å². The van der Waals surface area contributed by atoms with Crippen molar-refractivity contribution in [1.82, 2.24) is 4.31 Å². The number of hydrogen-bond acceptors (Lipinski definition) is 6. The summed E-state index contributed by atoms with van der Waals surface area (Å²) in [7, 11) is -2.99. The molecule has 1 aliphatic rings. The average Bonchev–Trinajstić information content (AvgIpc) is 2.92. The highest BCUT2D eigenvalue weighted by Crippen LogP contribution is 2.38. The van der Waals surface area contributed by atoms with Crippen molar-refractivity contribution in [3.8, 4) is 0 Å². The monoisotopic (exact) mass is 381 g/mol. The number of hydrogen-bond donors (Lipinski definition) is 0. The number of nitrogens with zero attached hydrogens (tertiary/aromatic N) is 1. The molecule has 1 aromatic rings. The number of carbonyl (C=O) groups is 2. The fourth-order valence-corrected chi connectivity index (χ4v) is 4.29. The molecule has 26 heavy (non-hydrogen) atoms. The zero-order valence-electron chi connectivity index (χ0n) is 15.3. The highest BCUT2D eigenvalue weighted by molar-refractivity contribution is 7.89. The van der Waals surface area contributed by atoms with Crippen molar-refractivity contribution < 1.29 is 27.5 Å².